The summed E-state index contributed by atoms with van der Waals surface area (Å²) in [5.74, 6) is 0. The largest absolute Gasteiger partial charge is 0.378 e. The second-order valence-electron chi connectivity index (χ2n) is 4.68. The molecular weight excluding hydrogens is 240 g/mol. The highest BCUT2D eigenvalue weighted by Gasteiger charge is 1.98. The Balaban J connectivity index is 1.83. The van der Waals surface area contributed by atoms with Crippen molar-refractivity contribution in [3.63, 3.8) is 0 Å². The van der Waals surface area contributed by atoms with Crippen LogP contribution in [-0.2, 0) is 13.1 Å². The number of thiophene rings is 1. The molecule has 0 amide bonds. The van der Waals surface area contributed by atoms with E-state index in [4.69, 9.17) is 0 Å². The van der Waals surface area contributed by atoms with Crippen molar-refractivity contribution in [2.24, 2.45) is 0 Å². The van der Waals surface area contributed by atoms with E-state index < -0.39 is 0 Å². The van der Waals surface area contributed by atoms with Gasteiger partial charge in [-0.25, -0.2) is 0 Å². The van der Waals surface area contributed by atoms with Crippen LogP contribution in [0.3, 0.4) is 0 Å². The van der Waals surface area contributed by atoms with Gasteiger partial charge in [0.15, 0.2) is 0 Å². The molecule has 1 N–H and O–H groups in total. The molecule has 96 valence electrons. The van der Waals surface area contributed by atoms with E-state index in [1.54, 1.807) is 0 Å². The number of nitrogens with zero attached hydrogens (tertiary/aromatic N) is 1. The maximum atomic E-state index is 3.48. The Morgan fingerprint density at radius 2 is 1.72 bits per heavy atom. The molecule has 0 radical (unpaired) electrons. The van der Waals surface area contributed by atoms with E-state index in [-0.39, 0.29) is 0 Å². The second-order valence-corrected chi connectivity index (χ2v) is 6.05. The summed E-state index contributed by atoms with van der Waals surface area (Å²) >= 11 is 1.86. The predicted octanol–water partition coefficient (Wildman–Crippen LogP) is 3.41. The zero-order valence-electron chi connectivity index (χ0n) is 11.2. The van der Waals surface area contributed by atoms with E-state index >= 15 is 0 Å². The summed E-state index contributed by atoms with van der Waals surface area (Å²) in [5, 5.41) is 3.48. The molecule has 0 aliphatic rings. The van der Waals surface area contributed by atoms with E-state index in [9.17, 15) is 0 Å². The Labute approximate surface area is 113 Å². The highest BCUT2D eigenvalue weighted by atomic mass is 32.1. The van der Waals surface area contributed by atoms with E-state index in [0.29, 0.717) is 0 Å². The minimum atomic E-state index is 0.921. The van der Waals surface area contributed by atoms with Crippen molar-refractivity contribution < 1.29 is 0 Å². The van der Waals surface area contributed by atoms with Crippen LogP contribution in [-0.4, -0.2) is 14.1 Å². The van der Waals surface area contributed by atoms with Gasteiger partial charge in [0.05, 0.1) is 0 Å². The number of nitrogens with one attached hydrogen (secondary N) is 1. The first-order chi connectivity index (χ1) is 8.65. The van der Waals surface area contributed by atoms with Crippen LogP contribution in [0.5, 0.6) is 0 Å². The fraction of sp³-hybridized carbons (Fsp3) is 0.333. The predicted molar refractivity (Wildman–Crippen MR) is 80.4 cm³/mol. The Morgan fingerprint density at radius 1 is 1.00 bits per heavy atom. The molecule has 0 aliphatic heterocycles. The summed E-state index contributed by atoms with van der Waals surface area (Å²) in [7, 11) is 4.12. The zero-order valence-corrected chi connectivity index (χ0v) is 12.1. The molecule has 0 saturated heterocycles. The van der Waals surface area contributed by atoms with Crippen LogP contribution in [0.25, 0.3) is 0 Å². The minimum Gasteiger partial charge on any atom is -0.378 e. The van der Waals surface area contributed by atoms with E-state index in [0.717, 1.165) is 13.1 Å². The number of rotatable bonds is 5. The van der Waals surface area contributed by atoms with Crippen molar-refractivity contribution >= 4 is 17.0 Å². The summed E-state index contributed by atoms with van der Waals surface area (Å²) in [5.41, 5.74) is 2.57. The van der Waals surface area contributed by atoms with Crippen molar-refractivity contribution in [1.29, 1.82) is 0 Å². The average Bonchev–Trinajstić information content (AvgIpc) is 2.76. The lowest BCUT2D eigenvalue weighted by Crippen LogP contribution is -2.12. The van der Waals surface area contributed by atoms with Gasteiger partial charge in [0.2, 0.25) is 0 Å². The lowest BCUT2D eigenvalue weighted by molar-refractivity contribution is 0.701. The molecule has 0 aliphatic carbocycles. The normalized spacial score (nSPS) is 10.6. The van der Waals surface area contributed by atoms with Gasteiger partial charge in [-0.3, -0.25) is 0 Å². The van der Waals surface area contributed by atoms with Gasteiger partial charge in [-0.05, 0) is 36.8 Å². The fourth-order valence-electron chi connectivity index (χ4n) is 1.82. The number of aryl methyl sites for hydroxylation is 1. The van der Waals surface area contributed by atoms with Crippen molar-refractivity contribution in [2.75, 3.05) is 19.0 Å². The van der Waals surface area contributed by atoms with Crippen molar-refractivity contribution in [3.05, 3.63) is 51.7 Å². The lowest BCUT2D eigenvalue weighted by atomic mass is 10.2. The van der Waals surface area contributed by atoms with Gasteiger partial charge in [-0.15, -0.1) is 11.3 Å². The van der Waals surface area contributed by atoms with Gasteiger partial charge in [0.1, 0.15) is 0 Å². The molecule has 3 heteroatoms. The molecule has 0 fully saturated rings. The molecule has 2 aromatic rings. The number of anilines is 1. The molecule has 2 rings (SSSR count). The average molecular weight is 260 g/mol. The lowest BCUT2D eigenvalue weighted by Gasteiger charge is -2.12. The highest BCUT2D eigenvalue weighted by Crippen LogP contribution is 2.15. The van der Waals surface area contributed by atoms with E-state index in [1.165, 1.54) is 21.0 Å². The van der Waals surface area contributed by atoms with Gasteiger partial charge < -0.3 is 10.2 Å². The van der Waals surface area contributed by atoms with Gasteiger partial charge in [0, 0.05) is 42.6 Å². The van der Waals surface area contributed by atoms with Crippen molar-refractivity contribution in [2.45, 2.75) is 20.0 Å². The van der Waals surface area contributed by atoms with Gasteiger partial charge in [-0.1, -0.05) is 12.1 Å². The Bertz CT molecular complexity index is 485. The third kappa shape index (κ3) is 3.59. The first-order valence-electron chi connectivity index (χ1n) is 6.17. The highest BCUT2D eigenvalue weighted by molar-refractivity contribution is 7.11. The quantitative estimate of drug-likeness (QED) is 0.886. The molecule has 0 atom stereocenters. The molecule has 1 aromatic carbocycles. The van der Waals surface area contributed by atoms with Crippen molar-refractivity contribution in [3.8, 4) is 0 Å². The second kappa shape index (κ2) is 6.03. The van der Waals surface area contributed by atoms with Gasteiger partial charge in [-0.2, -0.15) is 0 Å². The van der Waals surface area contributed by atoms with Crippen LogP contribution in [0.2, 0.25) is 0 Å². The number of hydrogen-bond donors (Lipinski definition) is 1. The molecule has 0 bridgehead atoms. The first kappa shape index (κ1) is 13.1. The molecule has 0 unspecified atom stereocenters. The van der Waals surface area contributed by atoms with E-state index in [1.807, 2.05) is 11.3 Å². The SMILES string of the molecule is Cc1ccc(CNCc2ccc(N(C)C)cc2)s1. The van der Waals surface area contributed by atoms with Gasteiger partial charge in [0.25, 0.3) is 0 Å². The third-order valence-corrected chi connectivity index (χ3v) is 3.88. The van der Waals surface area contributed by atoms with Crippen LogP contribution < -0.4 is 10.2 Å². The summed E-state index contributed by atoms with van der Waals surface area (Å²) in [6, 6.07) is 13.1. The van der Waals surface area contributed by atoms with Crippen LogP contribution in [0, 0.1) is 6.92 Å². The summed E-state index contributed by atoms with van der Waals surface area (Å²) in [6.07, 6.45) is 0. The Hall–Kier alpha value is -1.32. The molecule has 1 aromatic heterocycles. The van der Waals surface area contributed by atoms with E-state index in [2.05, 4.69) is 67.6 Å². The smallest absolute Gasteiger partial charge is 0.0361 e. The first-order valence-corrected chi connectivity index (χ1v) is 6.99. The van der Waals surface area contributed by atoms with Crippen LogP contribution in [0.15, 0.2) is 36.4 Å². The number of hydrogen-bond acceptors (Lipinski definition) is 3. The van der Waals surface area contributed by atoms with Gasteiger partial charge >= 0.3 is 0 Å². The maximum absolute atomic E-state index is 3.48. The standard InChI is InChI=1S/C15H20N2S/c1-12-4-9-15(18-12)11-16-10-13-5-7-14(8-6-13)17(2)3/h4-9,16H,10-11H2,1-3H3. The Kier molecular flexibility index (Phi) is 4.39. The summed E-state index contributed by atoms with van der Waals surface area (Å²) in [4.78, 5) is 4.89. The van der Waals surface area contributed by atoms with Crippen molar-refractivity contribution in [1.82, 2.24) is 5.32 Å². The van der Waals surface area contributed by atoms with Crippen LogP contribution in [0.1, 0.15) is 15.3 Å². The zero-order chi connectivity index (χ0) is 13.0. The topological polar surface area (TPSA) is 15.3 Å². The fourth-order valence-corrected chi connectivity index (χ4v) is 2.68. The third-order valence-electron chi connectivity index (χ3n) is 2.88. The molecule has 0 saturated carbocycles. The molecular formula is C15H20N2S. The molecule has 0 spiro atoms. The summed E-state index contributed by atoms with van der Waals surface area (Å²) < 4.78 is 0. The van der Waals surface area contributed by atoms with Crippen LogP contribution >= 0.6 is 11.3 Å². The molecule has 1 heterocycles. The minimum absolute atomic E-state index is 0.921. The monoisotopic (exact) mass is 260 g/mol. The van der Waals surface area contributed by atoms with Crippen LogP contribution in [0.4, 0.5) is 5.69 Å². The summed E-state index contributed by atoms with van der Waals surface area (Å²) in [6.45, 7) is 4.02. The Morgan fingerprint density at radius 3 is 2.28 bits per heavy atom. The maximum Gasteiger partial charge on any atom is 0.0361 e. The molecule has 18 heavy (non-hydrogen) atoms. The number of benzene rings is 1. The molecule has 2 nitrogen and oxygen atoms in total.